The number of piperidine rings is 1. The van der Waals surface area contributed by atoms with E-state index in [0.717, 1.165) is 36.8 Å². The summed E-state index contributed by atoms with van der Waals surface area (Å²) < 4.78 is 26.1. The van der Waals surface area contributed by atoms with Gasteiger partial charge in [-0.1, -0.05) is 29.8 Å². The third-order valence-corrected chi connectivity index (χ3v) is 7.13. The van der Waals surface area contributed by atoms with Crippen LogP contribution in [-0.2, 0) is 9.84 Å². The smallest absolute Gasteiger partial charge is 0.216 e. The molecule has 0 spiro atoms. The number of nitrogens with zero attached hydrogens (tertiary/aromatic N) is 3. The number of hydrogen-bond acceptors (Lipinski definition) is 5. The van der Waals surface area contributed by atoms with Gasteiger partial charge in [0.1, 0.15) is 16.8 Å². The molecule has 1 aromatic heterocycles. The van der Waals surface area contributed by atoms with Crippen molar-refractivity contribution in [2.24, 2.45) is 0 Å². The van der Waals surface area contributed by atoms with Gasteiger partial charge in [-0.05, 0) is 61.7 Å². The van der Waals surface area contributed by atoms with Gasteiger partial charge in [0.05, 0.1) is 10.4 Å². The molecule has 0 N–H and O–H groups in total. The Morgan fingerprint density at radius 1 is 1.07 bits per heavy atom. The number of halogens is 1. The number of nitriles is 1. The highest BCUT2D eigenvalue weighted by atomic mass is 35.5. The average Bonchev–Trinajstić information content (AvgIpc) is 2.77. The van der Waals surface area contributed by atoms with Gasteiger partial charge in [-0.2, -0.15) is 5.26 Å². The molecule has 2 aromatic carbocycles. The van der Waals surface area contributed by atoms with Crippen molar-refractivity contribution >= 4 is 44.2 Å². The summed E-state index contributed by atoms with van der Waals surface area (Å²) >= 11 is 5.88. The van der Waals surface area contributed by atoms with Gasteiger partial charge >= 0.3 is 0 Å². The first-order valence-corrected chi connectivity index (χ1v) is 11.6. The number of benzene rings is 2. The molecule has 0 bridgehead atoms. The van der Waals surface area contributed by atoms with Crippen molar-refractivity contribution in [2.75, 3.05) is 18.0 Å². The lowest BCUT2D eigenvalue weighted by Crippen LogP contribution is -2.30. The standard InChI is InChI=1S/C23H20ClN3O2S/c24-19-8-10-20(11-9-19)30(28,29)21(16-25)15-18-14-17-6-2-3-7-22(17)26-23(18)27-12-4-1-5-13-27/h2-3,6-11,14-15H,1,4-5,12-13H2. The van der Waals surface area contributed by atoms with E-state index in [9.17, 15) is 13.7 Å². The maximum Gasteiger partial charge on any atom is 0.216 e. The molecule has 152 valence electrons. The summed E-state index contributed by atoms with van der Waals surface area (Å²) in [6, 6.07) is 17.3. The molecule has 0 unspecified atom stereocenters. The van der Waals surface area contributed by atoms with Crippen molar-refractivity contribution in [2.45, 2.75) is 24.2 Å². The van der Waals surface area contributed by atoms with Crippen molar-refractivity contribution in [1.29, 1.82) is 5.26 Å². The molecule has 0 saturated carbocycles. The van der Waals surface area contributed by atoms with Gasteiger partial charge in [0.25, 0.3) is 0 Å². The van der Waals surface area contributed by atoms with Crippen LogP contribution < -0.4 is 4.90 Å². The van der Waals surface area contributed by atoms with E-state index in [2.05, 4.69) is 4.90 Å². The Hall–Kier alpha value is -2.88. The monoisotopic (exact) mass is 437 g/mol. The molecule has 0 atom stereocenters. The number of pyridine rings is 1. The summed E-state index contributed by atoms with van der Waals surface area (Å²) in [5, 5.41) is 11.0. The molecule has 4 rings (SSSR count). The first-order valence-electron chi connectivity index (χ1n) is 9.76. The third-order valence-electron chi connectivity index (χ3n) is 5.20. The van der Waals surface area contributed by atoms with Crippen LogP contribution in [0.25, 0.3) is 17.0 Å². The molecule has 1 aliphatic rings. The molecule has 0 amide bonds. The number of fused-ring (bicyclic) bond motifs is 1. The van der Waals surface area contributed by atoms with Gasteiger partial charge in [-0.25, -0.2) is 13.4 Å². The fourth-order valence-corrected chi connectivity index (χ4v) is 4.92. The number of hydrogen-bond donors (Lipinski definition) is 0. The molecular weight excluding hydrogens is 418 g/mol. The van der Waals surface area contributed by atoms with Crippen molar-refractivity contribution in [3.05, 3.63) is 70.1 Å². The van der Waals surface area contributed by atoms with Gasteiger partial charge in [0, 0.05) is 29.1 Å². The molecule has 1 aliphatic heterocycles. The van der Waals surface area contributed by atoms with E-state index in [1.807, 2.05) is 36.4 Å². The molecule has 2 heterocycles. The van der Waals surface area contributed by atoms with Gasteiger partial charge in [-0.15, -0.1) is 0 Å². The van der Waals surface area contributed by atoms with Crippen molar-refractivity contribution < 1.29 is 8.42 Å². The Morgan fingerprint density at radius 2 is 1.77 bits per heavy atom. The van der Waals surface area contributed by atoms with Crippen LogP contribution in [0.4, 0.5) is 5.82 Å². The van der Waals surface area contributed by atoms with Crippen LogP contribution in [0.5, 0.6) is 0 Å². The minimum absolute atomic E-state index is 0.0352. The van der Waals surface area contributed by atoms with E-state index in [-0.39, 0.29) is 9.80 Å². The zero-order valence-electron chi connectivity index (χ0n) is 16.3. The Kier molecular flexibility index (Phi) is 5.76. The van der Waals surface area contributed by atoms with Gasteiger partial charge in [0.15, 0.2) is 0 Å². The number of aromatic nitrogens is 1. The summed E-state index contributed by atoms with van der Waals surface area (Å²) in [5.74, 6) is 0.715. The van der Waals surface area contributed by atoms with Gasteiger partial charge < -0.3 is 4.90 Å². The minimum Gasteiger partial charge on any atom is -0.356 e. The highest BCUT2D eigenvalue weighted by Gasteiger charge is 2.23. The fraction of sp³-hybridized carbons (Fsp3) is 0.217. The maximum absolute atomic E-state index is 13.1. The lowest BCUT2D eigenvalue weighted by atomic mass is 10.1. The normalized spacial score (nSPS) is 15.2. The zero-order chi connectivity index (χ0) is 21.1. The quantitative estimate of drug-likeness (QED) is 0.523. The van der Waals surface area contributed by atoms with E-state index >= 15 is 0 Å². The summed E-state index contributed by atoms with van der Waals surface area (Å²) in [7, 11) is -3.97. The summed E-state index contributed by atoms with van der Waals surface area (Å²) in [6.07, 6.45) is 4.73. The SMILES string of the molecule is N#CC(=Cc1cc2ccccc2nc1N1CCCCC1)S(=O)(=O)c1ccc(Cl)cc1. The van der Waals surface area contributed by atoms with Crippen LogP contribution >= 0.6 is 11.6 Å². The van der Waals surface area contributed by atoms with Crippen molar-refractivity contribution in [3.63, 3.8) is 0 Å². The second kappa shape index (κ2) is 8.47. The minimum atomic E-state index is -3.97. The second-order valence-electron chi connectivity index (χ2n) is 7.22. The Balaban J connectivity index is 1.86. The van der Waals surface area contributed by atoms with Gasteiger partial charge in [-0.3, -0.25) is 0 Å². The van der Waals surface area contributed by atoms with E-state index < -0.39 is 9.84 Å². The third kappa shape index (κ3) is 4.04. The van der Waals surface area contributed by atoms with Crippen molar-refractivity contribution in [3.8, 4) is 6.07 Å². The van der Waals surface area contributed by atoms with Crippen LogP contribution in [0.1, 0.15) is 24.8 Å². The Morgan fingerprint density at radius 3 is 2.47 bits per heavy atom. The largest absolute Gasteiger partial charge is 0.356 e. The number of rotatable bonds is 4. The number of para-hydroxylation sites is 1. The Bertz CT molecular complexity index is 1260. The average molecular weight is 438 g/mol. The van der Waals surface area contributed by atoms with Crippen LogP contribution in [0.2, 0.25) is 5.02 Å². The molecule has 1 saturated heterocycles. The van der Waals surface area contributed by atoms with E-state index in [1.165, 1.54) is 36.8 Å². The topological polar surface area (TPSA) is 74.1 Å². The highest BCUT2D eigenvalue weighted by molar-refractivity contribution is 7.95. The highest BCUT2D eigenvalue weighted by Crippen LogP contribution is 2.30. The first-order chi connectivity index (χ1) is 14.5. The van der Waals surface area contributed by atoms with Crippen LogP contribution in [-0.4, -0.2) is 26.5 Å². The summed E-state index contributed by atoms with van der Waals surface area (Å²) in [4.78, 5) is 6.70. The number of anilines is 1. The van der Waals surface area contributed by atoms with Gasteiger partial charge in [0.2, 0.25) is 9.84 Å². The number of allylic oxidation sites excluding steroid dienone is 1. The molecule has 1 fully saturated rings. The van der Waals surface area contributed by atoms with Crippen molar-refractivity contribution in [1.82, 2.24) is 4.98 Å². The van der Waals surface area contributed by atoms with Crippen LogP contribution in [0.3, 0.4) is 0 Å². The molecule has 0 aliphatic carbocycles. The van der Waals surface area contributed by atoms with Crippen LogP contribution in [0, 0.1) is 11.3 Å². The molecule has 5 nitrogen and oxygen atoms in total. The first kappa shape index (κ1) is 20.4. The number of sulfone groups is 1. The lowest BCUT2D eigenvalue weighted by Gasteiger charge is -2.29. The predicted molar refractivity (Wildman–Crippen MR) is 120 cm³/mol. The molecule has 3 aromatic rings. The lowest BCUT2D eigenvalue weighted by molar-refractivity contribution is 0.574. The fourth-order valence-electron chi connectivity index (χ4n) is 3.64. The molecule has 30 heavy (non-hydrogen) atoms. The predicted octanol–water partition coefficient (Wildman–Crippen LogP) is 5.22. The Labute approximate surface area is 181 Å². The maximum atomic E-state index is 13.1. The summed E-state index contributed by atoms with van der Waals surface area (Å²) in [6.45, 7) is 1.72. The summed E-state index contributed by atoms with van der Waals surface area (Å²) in [5.41, 5.74) is 1.47. The van der Waals surface area contributed by atoms with Crippen LogP contribution in [0.15, 0.2) is 64.4 Å². The molecular formula is C23H20ClN3O2S. The van der Waals surface area contributed by atoms with E-state index in [0.29, 0.717) is 16.4 Å². The molecule has 0 radical (unpaired) electrons. The van der Waals surface area contributed by atoms with E-state index in [4.69, 9.17) is 16.6 Å². The zero-order valence-corrected chi connectivity index (χ0v) is 17.8. The van der Waals surface area contributed by atoms with E-state index in [1.54, 1.807) is 0 Å². The second-order valence-corrected chi connectivity index (χ2v) is 9.57. The molecule has 7 heteroatoms.